The van der Waals surface area contributed by atoms with Gasteiger partial charge in [0.15, 0.2) is 8.32 Å². The summed E-state index contributed by atoms with van der Waals surface area (Å²) in [6.45, 7) is 11.9. The van der Waals surface area contributed by atoms with Crippen LogP contribution in [0.1, 0.15) is 32.4 Å². The van der Waals surface area contributed by atoms with Crippen molar-refractivity contribution in [2.24, 2.45) is 5.73 Å². The normalized spacial score (nSPS) is 14.6. The first-order chi connectivity index (χ1) is 8.13. The van der Waals surface area contributed by atoms with Crippen molar-refractivity contribution in [3.8, 4) is 0 Å². The molecule has 0 heterocycles. The maximum Gasteiger partial charge on any atom is 0.192 e. The number of hydrogen-bond donors (Lipinski definition) is 1. The van der Waals surface area contributed by atoms with Gasteiger partial charge in [-0.25, -0.2) is 0 Å². The molecule has 1 unspecified atom stereocenters. The van der Waals surface area contributed by atoms with Crippen LogP contribution in [0.5, 0.6) is 0 Å². The van der Waals surface area contributed by atoms with Crippen LogP contribution in [-0.4, -0.2) is 14.9 Å². The van der Waals surface area contributed by atoms with Gasteiger partial charge in [-0.05, 0) is 58.4 Å². The predicted molar refractivity (Wildman–Crippen MR) is 89.2 cm³/mol. The van der Waals surface area contributed by atoms with Gasteiger partial charge in [-0.3, -0.25) is 0 Å². The second-order valence-corrected chi connectivity index (χ2v) is 12.3. The summed E-state index contributed by atoms with van der Waals surface area (Å²) in [4.78, 5) is 0. The van der Waals surface area contributed by atoms with E-state index in [1.807, 2.05) is 0 Å². The van der Waals surface area contributed by atoms with Gasteiger partial charge in [-0.1, -0.05) is 32.9 Å². The van der Waals surface area contributed by atoms with Crippen molar-refractivity contribution in [2.75, 3.05) is 6.61 Å². The van der Waals surface area contributed by atoms with Crippen molar-refractivity contribution in [2.45, 2.75) is 44.9 Å². The molecule has 102 valence electrons. The largest absolute Gasteiger partial charge is 0.415 e. The van der Waals surface area contributed by atoms with E-state index in [4.69, 9.17) is 10.2 Å². The first-order valence-corrected chi connectivity index (χ1v) is 10.3. The quantitative estimate of drug-likeness (QED) is 0.627. The standard InChI is InChI=1S/C14H24INOSi/c1-14(2,3)18(4,5)17-10-13(16)11-6-8-12(15)9-7-11/h6-9,13H,10,16H2,1-5H3. The summed E-state index contributed by atoms with van der Waals surface area (Å²) in [6.07, 6.45) is 0. The van der Waals surface area contributed by atoms with Crippen molar-refractivity contribution in [3.63, 3.8) is 0 Å². The molecule has 0 aliphatic heterocycles. The molecule has 1 aromatic carbocycles. The molecule has 4 heteroatoms. The Balaban J connectivity index is 2.61. The second-order valence-electron chi connectivity index (χ2n) is 6.23. The van der Waals surface area contributed by atoms with Gasteiger partial charge in [0.1, 0.15) is 0 Å². The fourth-order valence-corrected chi connectivity index (χ4v) is 2.71. The number of nitrogens with two attached hydrogens (primary N) is 1. The smallest absolute Gasteiger partial charge is 0.192 e. The average Bonchev–Trinajstić information content (AvgIpc) is 2.25. The topological polar surface area (TPSA) is 35.2 Å². The van der Waals surface area contributed by atoms with Crippen molar-refractivity contribution in [1.29, 1.82) is 0 Å². The minimum Gasteiger partial charge on any atom is -0.415 e. The van der Waals surface area contributed by atoms with Gasteiger partial charge in [-0.2, -0.15) is 0 Å². The van der Waals surface area contributed by atoms with E-state index in [9.17, 15) is 0 Å². The van der Waals surface area contributed by atoms with Gasteiger partial charge >= 0.3 is 0 Å². The highest BCUT2D eigenvalue weighted by Gasteiger charge is 2.37. The van der Waals surface area contributed by atoms with Crippen LogP contribution in [-0.2, 0) is 4.43 Å². The lowest BCUT2D eigenvalue weighted by molar-refractivity contribution is 0.264. The molecule has 0 aliphatic carbocycles. The molecule has 18 heavy (non-hydrogen) atoms. The minimum atomic E-state index is -1.69. The summed E-state index contributed by atoms with van der Waals surface area (Å²) in [5.74, 6) is 0. The maximum absolute atomic E-state index is 6.19. The second kappa shape index (κ2) is 6.03. The Hall–Kier alpha value is 0.0869. The highest BCUT2D eigenvalue weighted by molar-refractivity contribution is 14.1. The van der Waals surface area contributed by atoms with Crippen LogP contribution >= 0.6 is 22.6 Å². The molecule has 2 nitrogen and oxygen atoms in total. The molecular weight excluding hydrogens is 353 g/mol. The zero-order chi connectivity index (χ0) is 14.0. The molecule has 0 bridgehead atoms. The van der Waals surface area contributed by atoms with E-state index in [-0.39, 0.29) is 11.1 Å². The molecule has 0 aromatic heterocycles. The van der Waals surface area contributed by atoms with Gasteiger partial charge in [0.25, 0.3) is 0 Å². The third-order valence-corrected chi connectivity index (χ3v) is 8.95. The molecule has 1 rings (SSSR count). The summed E-state index contributed by atoms with van der Waals surface area (Å²) in [5.41, 5.74) is 7.34. The van der Waals surface area contributed by atoms with Crippen molar-refractivity contribution < 1.29 is 4.43 Å². The molecule has 0 fully saturated rings. The van der Waals surface area contributed by atoms with Crippen molar-refractivity contribution in [1.82, 2.24) is 0 Å². The monoisotopic (exact) mass is 377 g/mol. The van der Waals surface area contributed by atoms with Crippen LogP contribution in [0.15, 0.2) is 24.3 Å². The van der Waals surface area contributed by atoms with Gasteiger partial charge in [0.05, 0.1) is 12.6 Å². The van der Waals surface area contributed by atoms with Crippen LogP contribution < -0.4 is 5.73 Å². The Morgan fingerprint density at radius 3 is 2.17 bits per heavy atom. The fraction of sp³-hybridized carbons (Fsp3) is 0.571. The molecule has 0 spiro atoms. The zero-order valence-corrected chi connectivity index (χ0v) is 15.1. The van der Waals surface area contributed by atoms with Crippen LogP contribution in [0.25, 0.3) is 0 Å². The van der Waals surface area contributed by atoms with E-state index < -0.39 is 8.32 Å². The van der Waals surface area contributed by atoms with E-state index in [1.165, 1.54) is 3.57 Å². The van der Waals surface area contributed by atoms with Gasteiger partial charge in [0, 0.05) is 3.57 Å². The van der Waals surface area contributed by atoms with E-state index in [0.717, 1.165) is 5.56 Å². The highest BCUT2D eigenvalue weighted by Crippen LogP contribution is 2.36. The Morgan fingerprint density at radius 1 is 1.22 bits per heavy atom. The van der Waals surface area contributed by atoms with E-state index in [2.05, 4.69) is 80.7 Å². The van der Waals surface area contributed by atoms with Crippen LogP contribution in [0.2, 0.25) is 18.1 Å². The van der Waals surface area contributed by atoms with Crippen LogP contribution in [0.3, 0.4) is 0 Å². The fourth-order valence-electron chi connectivity index (χ4n) is 1.32. The van der Waals surface area contributed by atoms with Gasteiger partial charge in [-0.15, -0.1) is 0 Å². The van der Waals surface area contributed by atoms with Gasteiger partial charge in [0.2, 0.25) is 0 Å². The summed E-state index contributed by atoms with van der Waals surface area (Å²) in [5, 5.41) is 0.235. The minimum absolute atomic E-state index is 0.0314. The molecular formula is C14H24INOSi. The summed E-state index contributed by atoms with van der Waals surface area (Å²) in [6, 6.07) is 8.31. The lowest BCUT2D eigenvalue weighted by Crippen LogP contribution is -2.42. The lowest BCUT2D eigenvalue weighted by atomic mass is 10.1. The molecule has 0 saturated carbocycles. The third-order valence-electron chi connectivity index (χ3n) is 3.73. The molecule has 0 radical (unpaired) electrons. The maximum atomic E-state index is 6.19. The van der Waals surface area contributed by atoms with E-state index in [1.54, 1.807) is 0 Å². The highest BCUT2D eigenvalue weighted by atomic mass is 127. The number of halogens is 1. The summed E-state index contributed by atoms with van der Waals surface area (Å²) in [7, 11) is -1.69. The predicted octanol–water partition coefficient (Wildman–Crippen LogP) is 4.31. The zero-order valence-electron chi connectivity index (χ0n) is 12.0. The van der Waals surface area contributed by atoms with E-state index >= 15 is 0 Å². The Morgan fingerprint density at radius 2 is 1.72 bits per heavy atom. The number of benzene rings is 1. The van der Waals surface area contributed by atoms with Crippen LogP contribution in [0.4, 0.5) is 0 Å². The Labute approximate surface area is 126 Å². The third kappa shape index (κ3) is 4.33. The molecule has 2 N–H and O–H groups in total. The number of rotatable bonds is 4. The molecule has 0 saturated heterocycles. The Bertz CT molecular complexity index is 384. The van der Waals surface area contributed by atoms with E-state index in [0.29, 0.717) is 6.61 Å². The average molecular weight is 377 g/mol. The molecule has 0 aliphatic rings. The lowest BCUT2D eigenvalue weighted by Gasteiger charge is -2.37. The first kappa shape index (κ1) is 16.1. The SMILES string of the molecule is CC(C)(C)[Si](C)(C)OCC(N)c1ccc(I)cc1. The van der Waals surface area contributed by atoms with Gasteiger partial charge < -0.3 is 10.2 Å². The molecule has 1 aromatic rings. The van der Waals surface area contributed by atoms with Crippen molar-refractivity contribution >= 4 is 30.9 Å². The first-order valence-electron chi connectivity index (χ1n) is 6.28. The van der Waals surface area contributed by atoms with Crippen LogP contribution in [0, 0.1) is 3.57 Å². The molecule has 1 atom stereocenters. The molecule has 0 amide bonds. The Kier molecular flexibility index (Phi) is 5.40. The summed E-state index contributed by atoms with van der Waals surface area (Å²) < 4.78 is 7.38. The summed E-state index contributed by atoms with van der Waals surface area (Å²) >= 11 is 2.30. The number of hydrogen-bond acceptors (Lipinski definition) is 2. The van der Waals surface area contributed by atoms with Crippen molar-refractivity contribution in [3.05, 3.63) is 33.4 Å².